The van der Waals surface area contributed by atoms with Crippen molar-refractivity contribution in [3.8, 4) is 11.5 Å². The van der Waals surface area contributed by atoms with Gasteiger partial charge in [0.2, 0.25) is 0 Å². The minimum atomic E-state index is -0.0816. The normalized spacial score (nSPS) is 14.4. The molecule has 1 aliphatic heterocycles. The molecule has 0 spiro atoms. The van der Waals surface area contributed by atoms with Gasteiger partial charge in [-0.3, -0.25) is 9.59 Å². The Kier molecular flexibility index (Phi) is 6.19. The van der Waals surface area contributed by atoms with Crippen LogP contribution in [0.5, 0.6) is 11.5 Å². The van der Waals surface area contributed by atoms with Crippen molar-refractivity contribution < 1.29 is 19.1 Å². The number of rotatable bonds is 4. The summed E-state index contributed by atoms with van der Waals surface area (Å²) in [7, 11) is 3.12. The van der Waals surface area contributed by atoms with E-state index in [1.807, 2.05) is 36.1 Å². The number of hydrogen-bond donors (Lipinski definition) is 0. The average Bonchev–Trinajstić information content (AvgIpc) is 2.99. The van der Waals surface area contributed by atoms with E-state index < -0.39 is 0 Å². The van der Waals surface area contributed by atoms with Gasteiger partial charge >= 0.3 is 0 Å². The summed E-state index contributed by atoms with van der Waals surface area (Å²) >= 11 is 0. The van der Waals surface area contributed by atoms with Crippen LogP contribution in [0.15, 0.2) is 42.5 Å². The second kappa shape index (κ2) is 8.78. The summed E-state index contributed by atoms with van der Waals surface area (Å²) in [5.74, 6) is 1.08. The Hall–Kier alpha value is -3.02. The zero-order valence-electron chi connectivity index (χ0n) is 16.6. The van der Waals surface area contributed by atoms with Gasteiger partial charge in [-0.15, -0.1) is 0 Å². The van der Waals surface area contributed by atoms with Gasteiger partial charge in [0.1, 0.15) is 11.5 Å². The average molecular weight is 382 g/mol. The molecule has 0 saturated carbocycles. The number of aryl methyl sites for hydroxylation is 1. The van der Waals surface area contributed by atoms with Gasteiger partial charge in [0.05, 0.1) is 14.2 Å². The highest BCUT2D eigenvalue weighted by molar-refractivity contribution is 5.96. The molecular weight excluding hydrogens is 356 g/mol. The number of ether oxygens (including phenoxy) is 2. The fourth-order valence-corrected chi connectivity index (χ4v) is 3.32. The monoisotopic (exact) mass is 382 g/mol. The van der Waals surface area contributed by atoms with Gasteiger partial charge in [0.15, 0.2) is 0 Å². The van der Waals surface area contributed by atoms with Crippen LogP contribution >= 0.6 is 0 Å². The second-order valence-electron chi connectivity index (χ2n) is 6.91. The number of carbonyl (C=O) groups excluding carboxylic acids is 2. The highest BCUT2D eigenvalue weighted by Gasteiger charge is 2.24. The van der Waals surface area contributed by atoms with Crippen LogP contribution in [-0.4, -0.2) is 62.0 Å². The maximum Gasteiger partial charge on any atom is 0.254 e. The van der Waals surface area contributed by atoms with Crippen LogP contribution in [0.3, 0.4) is 0 Å². The van der Waals surface area contributed by atoms with Gasteiger partial charge in [-0.05, 0) is 37.6 Å². The second-order valence-corrected chi connectivity index (χ2v) is 6.91. The maximum absolute atomic E-state index is 13.0. The molecule has 1 heterocycles. The molecule has 28 heavy (non-hydrogen) atoms. The minimum Gasteiger partial charge on any atom is -0.497 e. The minimum absolute atomic E-state index is 0.0114. The Morgan fingerprint density at radius 2 is 1.25 bits per heavy atom. The van der Waals surface area contributed by atoms with Crippen LogP contribution in [0.2, 0.25) is 0 Å². The van der Waals surface area contributed by atoms with E-state index in [1.165, 1.54) is 0 Å². The molecule has 148 valence electrons. The molecule has 2 amide bonds. The summed E-state index contributed by atoms with van der Waals surface area (Å²) in [6, 6.07) is 12.8. The molecule has 0 aromatic heterocycles. The maximum atomic E-state index is 13.0. The van der Waals surface area contributed by atoms with Gasteiger partial charge in [0.25, 0.3) is 11.8 Å². The molecule has 0 aliphatic carbocycles. The molecule has 0 atom stereocenters. The first-order valence-corrected chi connectivity index (χ1v) is 9.40. The van der Waals surface area contributed by atoms with Crippen LogP contribution in [0, 0.1) is 6.92 Å². The first-order valence-electron chi connectivity index (χ1n) is 9.40. The molecule has 1 fully saturated rings. The van der Waals surface area contributed by atoms with Crippen molar-refractivity contribution in [2.45, 2.75) is 13.3 Å². The third-order valence-electron chi connectivity index (χ3n) is 4.97. The van der Waals surface area contributed by atoms with Crippen LogP contribution in [0.1, 0.15) is 32.7 Å². The summed E-state index contributed by atoms with van der Waals surface area (Å²) in [6.07, 6.45) is 0.741. The Balaban J connectivity index is 1.70. The molecule has 1 saturated heterocycles. The van der Waals surface area contributed by atoms with Gasteiger partial charge in [-0.2, -0.15) is 0 Å². The van der Waals surface area contributed by atoms with Crippen molar-refractivity contribution in [3.63, 3.8) is 0 Å². The Labute approximate surface area is 165 Å². The van der Waals surface area contributed by atoms with Crippen molar-refractivity contribution in [1.29, 1.82) is 0 Å². The number of methoxy groups -OCH3 is 2. The van der Waals surface area contributed by atoms with E-state index in [4.69, 9.17) is 9.47 Å². The fourth-order valence-electron chi connectivity index (χ4n) is 3.32. The van der Waals surface area contributed by atoms with Crippen LogP contribution in [0.4, 0.5) is 0 Å². The highest BCUT2D eigenvalue weighted by Crippen LogP contribution is 2.24. The molecule has 6 nitrogen and oxygen atoms in total. The molecule has 2 aromatic rings. The van der Waals surface area contributed by atoms with E-state index >= 15 is 0 Å². The summed E-state index contributed by atoms with van der Waals surface area (Å²) in [5, 5.41) is 0. The molecule has 0 bridgehead atoms. The van der Waals surface area contributed by atoms with E-state index in [1.54, 1.807) is 37.3 Å². The molecule has 0 radical (unpaired) electrons. The predicted octanol–water partition coefficient (Wildman–Crippen LogP) is 3.00. The van der Waals surface area contributed by atoms with E-state index in [-0.39, 0.29) is 11.8 Å². The van der Waals surface area contributed by atoms with E-state index in [0.29, 0.717) is 48.8 Å². The number of carbonyl (C=O) groups is 2. The lowest BCUT2D eigenvalue weighted by atomic mass is 10.1. The van der Waals surface area contributed by atoms with Crippen molar-refractivity contribution in [2.24, 2.45) is 0 Å². The van der Waals surface area contributed by atoms with Crippen molar-refractivity contribution in [3.05, 3.63) is 59.2 Å². The first kappa shape index (κ1) is 19.7. The molecule has 1 aliphatic rings. The Bertz CT molecular complexity index is 826. The zero-order valence-corrected chi connectivity index (χ0v) is 16.6. The van der Waals surface area contributed by atoms with Gasteiger partial charge in [0, 0.05) is 43.4 Å². The number of benzene rings is 2. The fraction of sp³-hybridized carbons (Fsp3) is 0.364. The topological polar surface area (TPSA) is 59.1 Å². The van der Waals surface area contributed by atoms with Crippen LogP contribution in [-0.2, 0) is 0 Å². The molecule has 6 heteroatoms. The lowest BCUT2D eigenvalue weighted by molar-refractivity contribution is 0.0718. The lowest BCUT2D eigenvalue weighted by Crippen LogP contribution is -2.37. The number of amides is 2. The van der Waals surface area contributed by atoms with E-state index in [0.717, 1.165) is 12.0 Å². The van der Waals surface area contributed by atoms with Gasteiger partial charge in [-0.1, -0.05) is 17.7 Å². The quantitative estimate of drug-likeness (QED) is 0.816. The smallest absolute Gasteiger partial charge is 0.254 e. The summed E-state index contributed by atoms with van der Waals surface area (Å²) in [6.45, 7) is 4.25. The van der Waals surface area contributed by atoms with Crippen molar-refractivity contribution in [1.82, 2.24) is 9.80 Å². The lowest BCUT2D eigenvalue weighted by Gasteiger charge is -2.22. The molecular formula is C22H26N2O4. The third kappa shape index (κ3) is 4.44. The number of nitrogens with zero attached hydrogens (tertiary/aromatic N) is 2. The number of hydrogen-bond acceptors (Lipinski definition) is 4. The van der Waals surface area contributed by atoms with E-state index in [2.05, 4.69) is 0 Å². The van der Waals surface area contributed by atoms with Gasteiger partial charge < -0.3 is 19.3 Å². The Morgan fingerprint density at radius 3 is 1.75 bits per heavy atom. The predicted molar refractivity (Wildman–Crippen MR) is 107 cm³/mol. The van der Waals surface area contributed by atoms with E-state index in [9.17, 15) is 9.59 Å². The highest BCUT2D eigenvalue weighted by atomic mass is 16.5. The summed E-state index contributed by atoms with van der Waals surface area (Å²) < 4.78 is 10.5. The molecule has 3 rings (SSSR count). The van der Waals surface area contributed by atoms with Crippen molar-refractivity contribution >= 4 is 11.8 Å². The molecule has 0 unspecified atom stereocenters. The third-order valence-corrected chi connectivity index (χ3v) is 4.97. The van der Waals surface area contributed by atoms with Crippen LogP contribution in [0.25, 0.3) is 0 Å². The SMILES string of the molecule is COc1cc(OC)cc(C(=O)N2CCCN(C(=O)c3ccc(C)cc3)CC2)c1. The summed E-state index contributed by atoms with van der Waals surface area (Å²) in [5.41, 5.74) is 2.33. The molecule has 0 N–H and O–H groups in total. The van der Waals surface area contributed by atoms with Gasteiger partial charge in [-0.25, -0.2) is 0 Å². The van der Waals surface area contributed by atoms with Crippen molar-refractivity contribution in [2.75, 3.05) is 40.4 Å². The first-order chi connectivity index (χ1) is 13.5. The standard InChI is InChI=1S/C22H26N2O4/c1-16-5-7-17(8-6-16)21(25)23-9-4-10-24(12-11-23)22(26)18-13-19(27-2)15-20(14-18)28-3/h5-8,13-15H,4,9-12H2,1-3H3. The largest absolute Gasteiger partial charge is 0.497 e. The summed E-state index contributed by atoms with van der Waals surface area (Å²) in [4.78, 5) is 29.4. The molecule has 2 aromatic carbocycles. The zero-order chi connectivity index (χ0) is 20.1. The Morgan fingerprint density at radius 1 is 0.750 bits per heavy atom. The van der Waals surface area contributed by atoms with Crippen LogP contribution < -0.4 is 9.47 Å².